The van der Waals surface area contributed by atoms with E-state index in [1.54, 1.807) is 50.2 Å². The van der Waals surface area contributed by atoms with Crippen LogP contribution in [0, 0.1) is 0 Å². The fraction of sp³-hybridized carbons (Fsp3) is 0.188. The third kappa shape index (κ3) is 3.92. The number of thioether (sulfide) groups is 1. The Morgan fingerprint density at radius 2 is 1.81 bits per heavy atom. The van der Waals surface area contributed by atoms with Crippen molar-refractivity contribution in [1.82, 2.24) is 0 Å². The molecule has 2 aromatic rings. The van der Waals surface area contributed by atoms with Crippen LogP contribution in [0.2, 0.25) is 0 Å². The van der Waals surface area contributed by atoms with E-state index in [1.807, 2.05) is 18.2 Å². The molecule has 0 saturated heterocycles. The van der Waals surface area contributed by atoms with Crippen molar-refractivity contribution in [3.8, 4) is 11.5 Å². The Bertz CT molecular complexity index is 623. The number of hydrogen-bond donors (Lipinski definition) is 1. The SMILES string of the molecule is COc1ccc(OC)c(CSc2ccc(C(=O)O)cc2)c1. The molecule has 0 aliphatic carbocycles. The third-order valence-corrected chi connectivity index (χ3v) is 4.04. The van der Waals surface area contributed by atoms with Crippen LogP contribution in [0.3, 0.4) is 0 Å². The Hall–Kier alpha value is -2.14. The number of benzene rings is 2. The molecule has 0 atom stereocenters. The lowest BCUT2D eigenvalue weighted by atomic mass is 10.2. The van der Waals surface area contributed by atoms with Gasteiger partial charge in [0.2, 0.25) is 0 Å². The third-order valence-electron chi connectivity index (χ3n) is 2.98. The predicted octanol–water partition coefficient (Wildman–Crippen LogP) is 3.69. The monoisotopic (exact) mass is 304 g/mol. The molecule has 0 amide bonds. The molecule has 0 aliphatic heterocycles. The number of carboxylic acid groups (broad SMARTS) is 1. The predicted molar refractivity (Wildman–Crippen MR) is 82.5 cm³/mol. The summed E-state index contributed by atoms with van der Waals surface area (Å²) < 4.78 is 10.6. The van der Waals surface area contributed by atoms with Gasteiger partial charge in [0.25, 0.3) is 0 Å². The quantitative estimate of drug-likeness (QED) is 0.825. The maximum absolute atomic E-state index is 10.8. The number of carboxylic acids is 1. The lowest BCUT2D eigenvalue weighted by Crippen LogP contribution is -1.95. The number of carbonyl (C=O) groups is 1. The summed E-state index contributed by atoms with van der Waals surface area (Å²) in [5.74, 6) is 1.39. The Kier molecular flexibility index (Phi) is 5.11. The minimum atomic E-state index is -0.916. The molecule has 1 N–H and O–H groups in total. The first kappa shape index (κ1) is 15.3. The van der Waals surface area contributed by atoms with Crippen LogP contribution in [0.25, 0.3) is 0 Å². The largest absolute Gasteiger partial charge is 0.497 e. The van der Waals surface area contributed by atoms with E-state index in [0.29, 0.717) is 11.3 Å². The van der Waals surface area contributed by atoms with Crippen molar-refractivity contribution in [3.63, 3.8) is 0 Å². The van der Waals surface area contributed by atoms with Crippen LogP contribution in [0.4, 0.5) is 0 Å². The maximum atomic E-state index is 10.8. The number of aromatic carboxylic acids is 1. The maximum Gasteiger partial charge on any atom is 0.335 e. The molecule has 0 saturated carbocycles. The molecule has 21 heavy (non-hydrogen) atoms. The summed E-state index contributed by atoms with van der Waals surface area (Å²) in [6.45, 7) is 0. The Morgan fingerprint density at radius 1 is 1.10 bits per heavy atom. The summed E-state index contributed by atoms with van der Waals surface area (Å²) in [7, 11) is 3.26. The average Bonchev–Trinajstić information content (AvgIpc) is 2.52. The van der Waals surface area contributed by atoms with E-state index >= 15 is 0 Å². The van der Waals surface area contributed by atoms with E-state index < -0.39 is 5.97 Å². The van der Waals surface area contributed by atoms with Gasteiger partial charge in [-0.15, -0.1) is 11.8 Å². The van der Waals surface area contributed by atoms with Gasteiger partial charge >= 0.3 is 5.97 Å². The van der Waals surface area contributed by atoms with Crippen molar-refractivity contribution in [3.05, 3.63) is 53.6 Å². The fourth-order valence-corrected chi connectivity index (χ4v) is 2.73. The normalized spacial score (nSPS) is 10.2. The number of methoxy groups -OCH3 is 2. The second kappa shape index (κ2) is 7.04. The summed E-state index contributed by atoms with van der Waals surface area (Å²) in [6.07, 6.45) is 0. The summed E-state index contributed by atoms with van der Waals surface area (Å²) in [5, 5.41) is 8.87. The van der Waals surface area contributed by atoms with Crippen molar-refractivity contribution in [2.45, 2.75) is 10.6 Å². The van der Waals surface area contributed by atoms with Crippen molar-refractivity contribution in [2.24, 2.45) is 0 Å². The second-order valence-electron chi connectivity index (χ2n) is 4.30. The molecule has 0 unspecified atom stereocenters. The highest BCUT2D eigenvalue weighted by atomic mass is 32.2. The molecule has 2 rings (SSSR count). The van der Waals surface area contributed by atoms with E-state index in [2.05, 4.69) is 0 Å². The van der Waals surface area contributed by atoms with Gasteiger partial charge in [0.15, 0.2) is 0 Å². The van der Waals surface area contributed by atoms with Crippen molar-refractivity contribution < 1.29 is 19.4 Å². The summed E-state index contributed by atoms with van der Waals surface area (Å²) in [4.78, 5) is 11.8. The van der Waals surface area contributed by atoms with Gasteiger partial charge in [-0.05, 0) is 42.5 Å². The van der Waals surface area contributed by atoms with Crippen molar-refractivity contribution >= 4 is 17.7 Å². The van der Waals surface area contributed by atoms with Gasteiger partial charge in [-0.25, -0.2) is 4.79 Å². The smallest absolute Gasteiger partial charge is 0.335 e. The second-order valence-corrected chi connectivity index (χ2v) is 5.34. The Morgan fingerprint density at radius 3 is 2.38 bits per heavy atom. The van der Waals surface area contributed by atoms with Gasteiger partial charge < -0.3 is 14.6 Å². The van der Waals surface area contributed by atoms with Crippen LogP contribution in [-0.4, -0.2) is 25.3 Å². The van der Waals surface area contributed by atoms with Crippen LogP contribution in [0.15, 0.2) is 47.4 Å². The lowest BCUT2D eigenvalue weighted by Gasteiger charge is -2.10. The molecule has 0 bridgehead atoms. The molecule has 0 aromatic heterocycles. The van der Waals surface area contributed by atoms with Gasteiger partial charge in [-0.2, -0.15) is 0 Å². The molecule has 0 spiro atoms. The van der Waals surface area contributed by atoms with Gasteiger partial charge in [-0.3, -0.25) is 0 Å². The lowest BCUT2D eigenvalue weighted by molar-refractivity contribution is 0.0697. The topological polar surface area (TPSA) is 55.8 Å². The zero-order valence-electron chi connectivity index (χ0n) is 11.8. The van der Waals surface area contributed by atoms with Crippen LogP contribution in [0.1, 0.15) is 15.9 Å². The minimum absolute atomic E-state index is 0.290. The summed E-state index contributed by atoms with van der Waals surface area (Å²) in [5.41, 5.74) is 1.32. The van der Waals surface area contributed by atoms with E-state index in [0.717, 1.165) is 22.0 Å². The highest BCUT2D eigenvalue weighted by Crippen LogP contribution is 2.30. The van der Waals surface area contributed by atoms with Crippen LogP contribution < -0.4 is 9.47 Å². The van der Waals surface area contributed by atoms with Gasteiger partial charge in [0, 0.05) is 16.2 Å². The molecule has 0 aliphatic rings. The van der Waals surface area contributed by atoms with Crippen LogP contribution >= 0.6 is 11.8 Å². The average molecular weight is 304 g/mol. The van der Waals surface area contributed by atoms with Gasteiger partial charge in [-0.1, -0.05) is 0 Å². The molecular formula is C16H16O4S. The Balaban J connectivity index is 2.10. The van der Waals surface area contributed by atoms with Crippen molar-refractivity contribution in [2.75, 3.05) is 14.2 Å². The number of ether oxygens (including phenoxy) is 2. The minimum Gasteiger partial charge on any atom is -0.497 e. The summed E-state index contributed by atoms with van der Waals surface area (Å²) >= 11 is 1.61. The zero-order valence-corrected chi connectivity index (χ0v) is 12.6. The van der Waals surface area contributed by atoms with E-state index in [4.69, 9.17) is 14.6 Å². The fourth-order valence-electron chi connectivity index (χ4n) is 1.85. The highest BCUT2D eigenvalue weighted by Gasteiger charge is 2.07. The van der Waals surface area contributed by atoms with Gasteiger partial charge in [0.05, 0.1) is 19.8 Å². The number of hydrogen-bond acceptors (Lipinski definition) is 4. The molecule has 2 aromatic carbocycles. The molecule has 0 heterocycles. The Labute approximate surface area is 127 Å². The van der Waals surface area contributed by atoms with Crippen LogP contribution in [0.5, 0.6) is 11.5 Å². The first-order valence-corrected chi connectivity index (χ1v) is 7.29. The van der Waals surface area contributed by atoms with E-state index in [-0.39, 0.29) is 0 Å². The molecule has 0 radical (unpaired) electrons. The molecule has 5 heteroatoms. The molecule has 110 valence electrons. The van der Waals surface area contributed by atoms with Crippen LogP contribution in [-0.2, 0) is 5.75 Å². The molecular weight excluding hydrogens is 288 g/mol. The van der Waals surface area contributed by atoms with E-state index in [1.165, 1.54) is 0 Å². The van der Waals surface area contributed by atoms with E-state index in [9.17, 15) is 4.79 Å². The number of rotatable bonds is 6. The molecule has 4 nitrogen and oxygen atoms in total. The standard InChI is InChI=1S/C16H16O4S/c1-19-13-5-8-15(20-2)12(9-13)10-21-14-6-3-11(4-7-14)16(17)18/h3-9H,10H2,1-2H3,(H,17,18). The molecule has 0 fully saturated rings. The first-order chi connectivity index (χ1) is 10.1. The first-order valence-electron chi connectivity index (χ1n) is 6.31. The van der Waals surface area contributed by atoms with Crippen molar-refractivity contribution in [1.29, 1.82) is 0 Å². The van der Waals surface area contributed by atoms with Gasteiger partial charge in [0.1, 0.15) is 11.5 Å². The highest BCUT2D eigenvalue weighted by molar-refractivity contribution is 7.98. The zero-order chi connectivity index (χ0) is 15.2. The summed E-state index contributed by atoms with van der Waals surface area (Å²) in [6, 6.07) is 12.5.